The van der Waals surface area contributed by atoms with Gasteiger partial charge < -0.3 is 10.6 Å². The molecule has 1 aromatic rings. The summed E-state index contributed by atoms with van der Waals surface area (Å²) < 4.78 is 0. The highest BCUT2D eigenvalue weighted by Gasteiger charge is 2.15. The molecule has 1 amide bonds. The van der Waals surface area contributed by atoms with Crippen LogP contribution in [0.2, 0.25) is 0 Å². The molecule has 0 spiro atoms. The van der Waals surface area contributed by atoms with Gasteiger partial charge in [-0.05, 0) is 49.0 Å². The summed E-state index contributed by atoms with van der Waals surface area (Å²) in [5.74, 6) is 3.30. The van der Waals surface area contributed by atoms with Crippen molar-refractivity contribution in [2.75, 3.05) is 29.9 Å². The van der Waals surface area contributed by atoms with Crippen molar-refractivity contribution in [1.29, 1.82) is 0 Å². The molecule has 18 heavy (non-hydrogen) atoms. The van der Waals surface area contributed by atoms with Crippen LogP contribution >= 0.6 is 11.8 Å². The van der Waals surface area contributed by atoms with Gasteiger partial charge in [0.15, 0.2) is 0 Å². The van der Waals surface area contributed by atoms with Crippen molar-refractivity contribution in [2.24, 2.45) is 5.92 Å². The van der Waals surface area contributed by atoms with E-state index in [0.29, 0.717) is 6.54 Å². The number of anilines is 1. The molecule has 0 bridgehead atoms. The third-order valence-electron chi connectivity index (χ3n) is 3.08. The molecule has 0 aliphatic carbocycles. The SMILES string of the molecule is CCNC(=O)c1cccc(NCC2CCSC2)c1. The Morgan fingerprint density at radius 1 is 1.50 bits per heavy atom. The van der Waals surface area contributed by atoms with Crippen LogP contribution in [0.15, 0.2) is 24.3 Å². The molecule has 1 aliphatic rings. The van der Waals surface area contributed by atoms with Gasteiger partial charge in [-0.25, -0.2) is 0 Å². The van der Waals surface area contributed by atoms with Crippen molar-refractivity contribution in [2.45, 2.75) is 13.3 Å². The van der Waals surface area contributed by atoms with E-state index < -0.39 is 0 Å². The summed E-state index contributed by atoms with van der Waals surface area (Å²) in [7, 11) is 0. The number of carbonyl (C=O) groups is 1. The minimum absolute atomic E-state index is 0.00225. The van der Waals surface area contributed by atoms with E-state index in [0.717, 1.165) is 23.7 Å². The van der Waals surface area contributed by atoms with Crippen LogP contribution in [0.3, 0.4) is 0 Å². The Balaban J connectivity index is 1.91. The summed E-state index contributed by atoms with van der Waals surface area (Å²) in [6.45, 7) is 3.60. The Labute approximate surface area is 113 Å². The Morgan fingerprint density at radius 3 is 3.11 bits per heavy atom. The monoisotopic (exact) mass is 264 g/mol. The van der Waals surface area contributed by atoms with Gasteiger partial charge in [0.2, 0.25) is 0 Å². The first-order valence-electron chi connectivity index (χ1n) is 6.49. The highest BCUT2D eigenvalue weighted by atomic mass is 32.2. The van der Waals surface area contributed by atoms with E-state index in [1.54, 1.807) is 0 Å². The molecule has 3 nitrogen and oxygen atoms in total. The fraction of sp³-hybridized carbons (Fsp3) is 0.500. The first kappa shape index (κ1) is 13.3. The standard InChI is InChI=1S/C14H20N2OS/c1-2-15-14(17)12-4-3-5-13(8-12)16-9-11-6-7-18-10-11/h3-5,8,11,16H,2,6-7,9-10H2,1H3,(H,15,17). The van der Waals surface area contributed by atoms with Crippen LogP contribution in [-0.4, -0.2) is 30.5 Å². The first-order chi connectivity index (χ1) is 8.79. The van der Waals surface area contributed by atoms with Gasteiger partial charge >= 0.3 is 0 Å². The normalized spacial score (nSPS) is 18.6. The molecule has 1 aliphatic heterocycles. The third-order valence-corrected chi connectivity index (χ3v) is 4.31. The van der Waals surface area contributed by atoms with E-state index in [1.165, 1.54) is 17.9 Å². The fourth-order valence-corrected chi connectivity index (χ4v) is 3.32. The van der Waals surface area contributed by atoms with Crippen LogP contribution in [0.4, 0.5) is 5.69 Å². The van der Waals surface area contributed by atoms with Crippen LogP contribution in [0, 0.1) is 5.92 Å². The molecular weight excluding hydrogens is 244 g/mol. The highest BCUT2D eigenvalue weighted by Crippen LogP contribution is 2.23. The second-order valence-corrected chi connectivity index (χ2v) is 5.70. The van der Waals surface area contributed by atoms with E-state index in [1.807, 2.05) is 43.0 Å². The summed E-state index contributed by atoms with van der Waals surface area (Å²) in [6.07, 6.45) is 1.30. The molecule has 0 saturated carbocycles. The van der Waals surface area contributed by atoms with Gasteiger partial charge in [0.25, 0.3) is 5.91 Å². The largest absolute Gasteiger partial charge is 0.385 e. The lowest BCUT2D eigenvalue weighted by Gasteiger charge is -2.12. The Kier molecular flexibility index (Phi) is 4.93. The zero-order valence-electron chi connectivity index (χ0n) is 10.7. The number of hydrogen-bond acceptors (Lipinski definition) is 3. The van der Waals surface area contributed by atoms with E-state index >= 15 is 0 Å². The van der Waals surface area contributed by atoms with Crippen molar-refractivity contribution in [1.82, 2.24) is 5.32 Å². The Hall–Kier alpha value is -1.16. The first-order valence-corrected chi connectivity index (χ1v) is 7.65. The lowest BCUT2D eigenvalue weighted by molar-refractivity contribution is 0.0956. The van der Waals surface area contributed by atoms with Crippen molar-refractivity contribution in [3.63, 3.8) is 0 Å². The summed E-state index contributed by atoms with van der Waals surface area (Å²) in [6, 6.07) is 7.72. The quantitative estimate of drug-likeness (QED) is 0.859. The minimum Gasteiger partial charge on any atom is -0.385 e. The molecule has 98 valence electrons. The Morgan fingerprint density at radius 2 is 2.39 bits per heavy atom. The third kappa shape index (κ3) is 3.67. The second-order valence-electron chi connectivity index (χ2n) is 4.55. The number of benzene rings is 1. The van der Waals surface area contributed by atoms with Crippen LogP contribution in [-0.2, 0) is 0 Å². The van der Waals surface area contributed by atoms with Gasteiger partial charge in [-0.3, -0.25) is 4.79 Å². The summed E-state index contributed by atoms with van der Waals surface area (Å²) in [5.41, 5.74) is 1.76. The molecule has 2 rings (SSSR count). The number of nitrogens with one attached hydrogen (secondary N) is 2. The zero-order valence-corrected chi connectivity index (χ0v) is 11.6. The molecule has 1 fully saturated rings. The fourth-order valence-electron chi connectivity index (χ4n) is 2.04. The molecule has 1 saturated heterocycles. The smallest absolute Gasteiger partial charge is 0.251 e. The van der Waals surface area contributed by atoms with Gasteiger partial charge in [0.1, 0.15) is 0 Å². The summed E-state index contributed by atoms with van der Waals surface area (Å²) >= 11 is 2.03. The molecular formula is C14H20N2OS. The van der Waals surface area contributed by atoms with Crippen molar-refractivity contribution < 1.29 is 4.79 Å². The Bertz CT molecular complexity index is 403. The minimum atomic E-state index is -0.00225. The molecule has 0 aromatic heterocycles. The molecule has 1 heterocycles. The van der Waals surface area contributed by atoms with Crippen LogP contribution in [0.25, 0.3) is 0 Å². The van der Waals surface area contributed by atoms with Gasteiger partial charge in [-0.2, -0.15) is 11.8 Å². The van der Waals surface area contributed by atoms with Crippen molar-refractivity contribution in [3.8, 4) is 0 Å². The maximum atomic E-state index is 11.7. The number of hydrogen-bond donors (Lipinski definition) is 2. The van der Waals surface area contributed by atoms with E-state index in [2.05, 4.69) is 10.6 Å². The second kappa shape index (κ2) is 6.69. The summed E-state index contributed by atoms with van der Waals surface area (Å²) in [4.78, 5) is 11.7. The lowest BCUT2D eigenvalue weighted by Crippen LogP contribution is -2.22. The average Bonchev–Trinajstić information content (AvgIpc) is 2.90. The molecule has 1 unspecified atom stereocenters. The van der Waals surface area contributed by atoms with Gasteiger partial charge in [0.05, 0.1) is 0 Å². The van der Waals surface area contributed by atoms with E-state index in [4.69, 9.17) is 0 Å². The molecule has 0 radical (unpaired) electrons. The van der Waals surface area contributed by atoms with Crippen LogP contribution < -0.4 is 10.6 Å². The predicted octanol–water partition coefficient (Wildman–Crippen LogP) is 2.60. The predicted molar refractivity (Wildman–Crippen MR) is 78.4 cm³/mol. The summed E-state index contributed by atoms with van der Waals surface area (Å²) in [5, 5.41) is 6.25. The highest BCUT2D eigenvalue weighted by molar-refractivity contribution is 7.99. The topological polar surface area (TPSA) is 41.1 Å². The molecule has 1 atom stereocenters. The lowest BCUT2D eigenvalue weighted by atomic mass is 10.1. The van der Waals surface area contributed by atoms with E-state index in [-0.39, 0.29) is 5.91 Å². The molecule has 4 heteroatoms. The average molecular weight is 264 g/mol. The van der Waals surface area contributed by atoms with Crippen molar-refractivity contribution in [3.05, 3.63) is 29.8 Å². The number of rotatable bonds is 5. The van der Waals surface area contributed by atoms with Crippen LogP contribution in [0.5, 0.6) is 0 Å². The molecule has 1 aromatic carbocycles. The van der Waals surface area contributed by atoms with Gasteiger partial charge in [-0.15, -0.1) is 0 Å². The van der Waals surface area contributed by atoms with Crippen LogP contribution in [0.1, 0.15) is 23.7 Å². The number of thioether (sulfide) groups is 1. The number of amides is 1. The van der Waals surface area contributed by atoms with Crippen molar-refractivity contribution >= 4 is 23.4 Å². The maximum Gasteiger partial charge on any atom is 0.251 e. The molecule has 2 N–H and O–H groups in total. The van der Waals surface area contributed by atoms with Gasteiger partial charge in [-0.1, -0.05) is 6.07 Å². The zero-order chi connectivity index (χ0) is 12.8. The van der Waals surface area contributed by atoms with Gasteiger partial charge in [0, 0.05) is 24.3 Å². The number of carbonyl (C=O) groups excluding carboxylic acids is 1. The maximum absolute atomic E-state index is 11.7. The van der Waals surface area contributed by atoms with E-state index in [9.17, 15) is 4.79 Å².